The fourth-order valence-electron chi connectivity index (χ4n) is 1.13. The maximum Gasteiger partial charge on any atom is 0.204 e. The summed E-state index contributed by atoms with van der Waals surface area (Å²) in [5, 5.41) is 0.992. The third-order valence-electron chi connectivity index (χ3n) is 1.94. The average Bonchev–Trinajstić information content (AvgIpc) is 2.48. The molecule has 5 heteroatoms. The molecule has 1 unspecified atom stereocenters. The summed E-state index contributed by atoms with van der Waals surface area (Å²) in [5.74, 6) is 0.927. The van der Waals surface area contributed by atoms with E-state index in [9.17, 15) is 0 Å². The number of hydrogen-bond donors (Lipinski definition) is 0. The summed E-state index contributed by atoms with van der Waals surface area (Å²) >= 11 is 5.00. The number of nitrogens with zero attached hydrogens (tertiary/aromatic N) is 3. The molecule has 0 aromatic carbocycles. The maximum absolute atomic E-state index is 4.55. The van der Waals surface area contributed by atoms with Crippen LogP contribution in [0.25, 0.3) is 0 Å². The Labute approximate surface area is 104 Å². The minimum atomic E-state index is 0.0373. The first kappa shape index (κ1) is 12.9. The third kappa shape index (κ3) is 3.72. The fourth-order valence-corrected chi connectivity index (χ4v) is 2.39. The van der Waals surface area contributed by atoms with E-state index in [1.807, 2.05) is 7.05 Å². The van der Waals surface area contributed by atoms with Gasteiger partial charge in [0.05, 0.1) is 0 Å². The Kier molecular flexibility index (Phi) is 4.12. The lowest BCUT2D eigenvalue weighted by Crippen LogP contribution is -2.24. The first-order chi connectivity index (χ1) is 6.80. The Morgan fingerprint density at radius 3 is 2.47 bits per heavy atom. The normalized spacial score (nSPS) is 14.0. The van der Waals surface area contributed by atoms with Gasteiger partial charge in [-0.05, 0) is 0 Å². The molecule has 0 aliphatic rings. The molecule has 0 fully saturated rings. The molecule has 1 aromatic heterocycles. The Morgan fingerprint density at radius 1 is 1.47 bits per heavy atom. The summed E-state index contributed by atoms with van der Waals surface area (Å²) in [6.45, 7) is 9.46. The van der Waals surface area contributed by atoms with Gasteiger partial charge in [0.1, 0.15) is 5.82 Å². The highest BCUT2D eigenvalue weighted by Gasteiger charge is 2.20. The first-order valence-electron chi connectivity index (χ1n) is 5.00. The van der Waals surface area contributed by atoms with Crippen LogP contribution in [-0.2, 0) is 5.41 Å². The first-order valence-corrected chi connectivity index (χ1v) is 6.69. The molecule has 15 heavy (non-hydrogen) atoms. The van der Waals surface area contributed by atoms with Crippen molar-refractivity contribution >= 4 is 32.6 Å². The van der Waals surface area contributed by atoms with Crippen molar-refractivity contribution in [3.63, 3.8) is 0 Å². The second kappa shape index (κ2) is 4.78. The van der Waals surface area contributed by atoms with Crippen molar-refractivity contribution in [2.75, 3.05) is 18.5 Å². The van der Waals surface area contributed by atoms with Gasteiger partial charge in [-0.15, -0.1) is 0 Å². The van der Waals surface area contributed by atoms with Crippen LogP contribution in [0.3, 0.4) is 0 Å². The molecule has 86 valence electrons. The van der Waals surface area contributed by atoms with E-state index < -0.39 is 0 Å². The van der Waals surface area contributed by atoms with Crippen molar-refractivity contribution < 1.29 is 0 Å². The number of alkyl halides is 1. The number of aromatic nitrogens is 2. The van der Waals surface area contributed by atoms with Crippen molar-refractivity contribution in [1.82, 2.24) is 9.36 Å². The zero-order valence-corrected chi connectivity index (χ0v) is 12.3. The minimum Gasteiger partial charge on any atom is -0.349 e. The lowest BCUT2D eigenvalue weighted by molar-refractivity contribution is 0.554. The van der Waals surface area contributed by atoms with E-state index in [1.54, 1.807) is 0 Å². The van der Waals surface area contributed by atoms with Gasteiger partial charge in [0.15, 0.2) is 0 Å². The van der Waals surface area contributed by atoms with E-state index in [1.165, 1.54) is 11.5 Å². The smallest absolute Gasteiger partial charge is 0.204 e. The van der Waals surface area contributed by atoms with E-state index in [2.05, 4.69) is 57.9 Å². The molecule has 0 N–H and O–H groups in total. The predicted molar refractivity (Wildman–Crippen MR) is 70.3 cm³/mol. The van der Waals surface area contributed by atoms with Gasteiger partial charge in [-0.25, -0.2) is 4.98 Å². The van der Waals surface area contributed by atoms with Crippen LogP contribution < -0.4 is 4.90 Å². The monoisotopic (exact) mass is 291 g/mol. The van der Waals surface area contributed by atoms with E-state index in [0.717, 1.165) is 17.5 Å². The quantitative estimate of drug-likeness (QED) is 0.802. The molecule has 1 atom stereocenters. The second-order valence-corrected chi connectivity index (χ2v) is 7.11. The van der Waals surface area contributed by atoms with Gasteiger partial charge in [0.2, 0.25) is 5.13 Å². The molecule has 0 bridgehead atoms. The number of anilines is 1. The van der Waals surface area contributed by atoms with Gasteiger partial charge in [-0.2, -0.15) is 4.37 Å². The molecule has 0 amide bonds. The second-order valence-electron chi connectivity index (χ2n) is 4.81. The van der Waals surface area contributed by atoms with Gasteiger partial charge in [-0.3, -0.25) is 0 Å². The molecule has 0 aliphatic heterocycles. The molecule has 1 heterocycles. The van der Waals surface area contributed by atoms with Gasteiger partial charge >= 0.3 is 0 Å². The Balaban J connectivity index is 2.76. The molecule has 3 nitrogen and oxygen atoms in total. The van der Waals surface area contributed by atoms with E-state index in [-0.39, 0.29) is 5.41 Å². The van der Waals surface area contributed by atoms with Crippen LogP contribution in [0.4, 0.5) is 5.13 Å². The molecule has 0 saturated carbocycles. The van der Waals surface area contributed by atoms with Gasteiger partial charge in [0, 0.05) is 35.4 Å². The number of rotatable bonds is 3. The maximum atomic E-state index is 4.55. The Hall–Kier alpha value is -0.160. The molecular weight excluding hydrogens is 274 g/mol. The summed E-state index contributed by atoms with van der Waals surface area (Å²) in [5.41, 5.74) is 0.0373. The topological polar surface area (TPSA) is 29.0 Å². The summed E-state index contributed by atoms with van der Waals surface area (Å²) < 4.78 is 4.39. The van der Waals surface area contributed by atoms with Crippen LogP contribution in [0.1, 0.15) is 33.5 Å². The van der Waals surface area contributed by atoms with E-state index in [4.69, 9.17) is 0 Å². The van der Waals surface area contributed by atoms with Crippen LogP contribution >= 0.6 is 27.5 Å². The zero-order valence-electron chi connectivity index (χ0n) is 9.91. The van der Waals surface area contributed by atoms with Crippen molar-refractivity contribution in [1.29, 1.82) is 0 Å². The largest absolute Gasteiger partial charge is 0.349 e. The van der Waals surface area contributed by atoms with Crippen LogP contribution in [0.5, 0.6) is 0 Å². The lowest BCUT2D eigenvalue weighted by Gasteiger charge is -2.17. The summed E-state index contributed by atoms with van der Waals surface area (Å²) in [7, 11) is 2.05. The molecule has 0 aliphatic carbocycles. The van der Waals surface area contributed by atoms with E-state index >= 15 is 0 Å². The van der Waals surface area contributed by atoms with Crippen molar-refractivity contribution in [3.8, 4) is 0 Å². The van der Waals surface area contributed by atoms with Gasteiger partial charge < -0.3 is 4.90 Å². The van der Waals surface area contributed by atoms with Crippen molar-refractivity contribution in [2.24, 2.45) is 0 Å². The average molecular weight is 292 g/mol. The van der Waals surface area contributed by atoms with E-state index in [0.29, 0.717) is 4.83 Å². The standard InChI is InChI=1S/C10H18BrN3S/c1-7(11)6-14(5)9-12-8(13-15-9)10(2,3)4/h7H,6H2,1-5H3. The van der Waals surface area contributed by atoms with Gasteiger partial charge in [-0.1, -0.05) is 43.6 Å². The molecule has 0 saturated heterocycles. The molecule has 1 aromatic rings. The molecule has 1 rings (SSSR count). The number of halogens is 1. The molecule has 0 radical (unpaired) electrons. The lowest BCUT2D eigenvalue weighted by atomic mass is 9.96. The minimum absolute atomic E-state index is 0.0373. The highest BCUT2D eigenvalue weighted by molar-refractivity contribution is 9.09. The van der Waals surface area contributed by atoms with Crippen molar-refractivity contribution in [3.05, 3.63) is 5.82 Å². The van der Waals surface area contributed by atoms with Crippen LogP contribution in [0, 0.1) is 0 Å². The Morgan fingerprint density at radius 2 is 2.07 bits per heavy atom. The molecule has 0 spiro atoms. The number of hydrogen-bond acceptors (Lipinski definition) is 4. The van der Waals surface area contributed by atoms with Crippen molar-refractivity contribution in [2.45, 2.75) is 37.9 Å². The summed E-state index contributed by atoms with van der Waals surface area (Å²) in [4.78, 5) is 7.14. The predicted octanol–water partition coefficient (Wildman–Crippen LogP) is 3.06. The highest BCUT2D eigenvalue weighted by atomic mass is 79.9. The van der Waals surface area contributed by atoms with Crippen LogP contribution in [-0.4, -0.2) is 27.8 Å². The fraction of sp³-hybridized carbons (Fsp3) is 0.800. The SMILES string of the molecule is CC(Br)CN(C)c1nc(C(C)(C)C)ns1. The Bertz CT molecular complexity index is 317. The zero-order chi connectivity index (χ0) is 11.6. The summed E-state index contributed by atoms with van der Waals surface area (Å²) in [6.07, 6.45) is 0. The summed E-state index contributed by atoms with van der Waals surface area (Å²) in [6, 6.07) is 0. The highest BCUT2D eigenvalue weighted by Crippen LogP contribution is 2.24. The third-order valence-corrected chi connectivity index (χ3v) is 3.06. The van der Waals surface area contributed by atoms with Crippen LogP contribution in [0.15, 0.2) is 0 Å². The van der Waals surface area contributed by atoms with Gasteiger partial charge in [0.25, 0.3) is 0 Å². The molecular formula is C10H18BrN3S. The van der Waals surface area contributed by atoms with Crippen LogP contribution in [0.2, 0.25) is 0 Å².